The molecule has 128 valence electrons. The number of amides is 1. The molecule has 0 heterocycles. The maximum Gasteiger partial charge on any atom is 0.271 e. The number of carbonyl (C=O) groups excluding carboxylic acids is 1. The van der Waals surface area contributed by atoms with Crippen LogP contribution in [0.4, 0.5) is 11.4 Å². The first-order chi connectivity index (χ1) is 11.3. The molecular weight excluding hydrogens is 306 g/mol. The zero-order valence-corrected chi connectivity index (χ0v) is 13.7. The number of carbonyl (C=O) groups is 1. The summed E-state index contributed by atoms with van der Waals surface area (Å²) in [5.41, 5.74) is 7.02. The number of nitrogens with zero attached hydrogens (tertiary/aromatic N) is 1. The third-order valence-corrected chi connectivity index (χ3v) is 6.10. The van der Waals surface area contributed by atoms with Gasteiger partial charge in [0.25, 0.3) is 5.69 Å². The van der Waals surface area contributed by atoms with E-state index in [1.807, 2.05) is 0 Å². The number of nitrogens with two attached hydrogens (primary N) is 1. The van der Waals surface area contributed by atoms with Crippen molar-refractivity contribution in [1.82, 2.24) is 0 Å². The Kier molecular flexibility index (Phi) is 3.42. The van der Waals surface area contributed by atoms with Crippen LogP contribution in [0.5, 0.6) is 0 Å². The molecule has 4 aliphatic carbocycles. The molecule has 5 rings (SSSR count). The lowest BCUT2D eigenvalue weighted by atomic mass is 9.46. The fraction of sp³-hybridized carbons (Fsp3) is 0.611. The average Bonchev–Trinajstić information content (AvgIpc) is 2.43. The number of hydrogen-bond acceptors (Lipinski definition) is 4. The molecule has 1 amide bonds. The van der Waals surface area contributed by atoms with Crippen LogP contribution in [0.1, 0.15) is 44.9 Å². The molecule has 2 unspecified atom stereocenters. The number of non-ortho nitro benzene ring substituents is 1. The van der Waals surface area contributed by atoms with Crippen molar-refractivity contribution in [2.24, 2.45) is 23.0 Å². The number of rotatable bonds is 4. The summed E-state index contributed by atoms with van der Waals surface area (Å²) in [5.74, 6) is 1.28. The lowest BCUT2D eigenvalue weighted by Gasteiger charge is -2.61. The maximum atomic E-state index is 12.6. The van der Waals surface area contributed by atoms with E-state index in [1.54, 1.807) is 12.1 Å². The van der Waals surface area contributed by atoms with Crippen molar-refractivity contribution in [3.8, 4) is 0 Å². The van der Waals surface area contributed by atoms with Crippen molar-refractivity contribution in [2.45, 2.75) is 50.5 Å². The first-order valence-electron chi connectivity index (χ1n) is 8.68. The molecule has 4 fully saturated rings. The molecule has 24 heavy (non-hydrogen) atoms. The summed E-state index contributed by atoms with van der Waals surface area (Å²) in [6.07, 6.45) is 7.11. The first-order valence-corrected chi connectivity index (χ1v) is 8.68. The lowest BCUT2D eigenvalue weighted by molar-refractivity contribution is -0.384. The van der Waals surface area contributed by atoms with E-state index in [0.29, 0.717) is 23.9 Å². The molecule has 0 aromatic heterocycles. The molecule has 6 heteroatoms. The molecule has 0 spiro atoms. The van der Waals surface area contributed by atoms with E-state index in [9.17, 15) is 14.9 Å². The summed E-state index contributed by atoms with van der Waals surface area (Å²) < 4.78 is 0. The fourth-order valence-corrected chi connectivity index (χ4v) is 5.98. The highest BCUT2D eigenvalue weighted by Gasteiger charge is 2.56. The van der Waals surface area contributed by atoms with Crippen LogP contribution >= 0.6 is 0 Å². The number of nitrogens with one attached hydrogen (secondary N) is 1. The highest BCUT2D eigenvalue weighted by molar-refractivity contribution is 5.91. The molecule has 1 aromatic carbocycles. The van der Waals surface area contributed by atoms with Gasteiger partial charge in [-0.1, -0.05) is 6.07 Å². The minimum atomic E-state index is -0.451. The van der Waals surface area contributed by atoms with E-state index >= 15 is 0 Å². The number of hydrogen-bond donors (Lipinski definition) is 2. The van der Waals surface area contributed by atoms with Crippen LogP contribution in [0.25, 0.3) is 0 Å². The Bertz CT molecular complexity index is 689. The normalized spacial score (nSPS) is 36.5. The largest absolute Gasteiger partial charge is 0.326 e. The third kappa shape index (κ3) is 2.79. The Morgan fingerprint density at radius 3 is 2.62 bits per heavy atom. The van der Waals surface area contributed by atoms with E-state index in [4.69, 9.17) is 5.73 Å². The highest BCUT2D eigenvalue weighted by atomic mass is 16.6. The zero-order chi connectivity index (χ0) is 16.9. The second-order valence-corrected chi connectivity index (χ2v) is 8.36. The molecule has 0 radical (unpaired) electrons. The molecule has 4 aliphatic rings. The van der Waals surface area contributed by atoms with Crippen LogP contribution < -0.4 is 11.1 Å². The predicted octanol–water partition coefficient (Wildman–Crippen LogP) is 3.22. The van der Waals surface area contributed by atoms with Crippen LogP contribution in [0.3, 0.4) is 0 Å². The van der Waals surface area contributed by atoms with Crippen molar-refractivity contribution < 1.29 is 9.72 Å². The smallest absolute Gasteiger partial charge is 0.271 e. The molecule has 6 nitrogen and oxygen atoms in total. The van der Waals surface area contributed by atoms with E-state index in [1.165, 1.54) is 18.6 Å². The van der Waals surface area contributed by atoms with E-state index in [-0.39, 0.29) is 22.5 Å². The maximum absolute atomic E-state index is 12.6. The Hall–Kier alpha value is -1.95. The van der Waals surface area contributed by atoms with Crippen molar-refractivity contribution >= 4 is 17.3 Å². The van der Waals surface area contributed by atoms with Crippen molar-refractivity contribution in [2.75, 3.05) is 5.32 Å². The number of benzene rings is 1. The summed E-state index contributed by atoms with van der Waals surface area (Å²) in [4.78, 5) is 23.0. The van der Waals surface area contributed by atoms with Crippen molar-refractivity contribution in [3.63, 3.8) is 0 Å². The molecule has 3 N–H and O–H groups in total. The summed E-state index contributed by atoms with van der Waals surface area (Å²) in [7, 11) is 0. The summed E-state index contributed by atoms with van der Waals surface area (Å²) >= 11 is 0. The van der Waals surface area contributed by atoms with Crippen LogP contribution in [0, 0.1) is 27.4 Å². The second-order valence-electron chi connectivity index (χ2n) is 8.36. The van der Waals surface area contributed by atoms with Gasteiger partial charge in [-0.2, -0.15) is 0 Å². The Morgan fingerprint density at radius 2 is 2.00 bits per heavy atom. The van der Waals surface area contributed by atoms with E-state index in [0.717, 1.165) is 32.1 Å². The van der Waals surface area contributed by atoms with Gasteiger partial charge in [-0.05, 0) is 61.8 Å². The summed E-state index contributed by atoms with van der Waals surface area (Å²) in [6, 6.07) is 6.11. The quantitative estimate of drug-likeness (QED) is 0.654. The minimum Gasteiger partial charge on any atom is -0.326 e. The second kappa shape index (κ2) is 5.28. The Morgan fingerprint density at radius 1 is 1.29 bits per heavy atom. The Balaban J connectivity index is 1.47. The predicted molar refractivity (Wildman–Crippen MR) is 90.4 cm³/mol. The molecular formula is C18H23N3O3. The van der Waals surface area contributed by atoms with Gasteiger partial charge in [0.05, 0.1) is 4.92 Å². The molecule has 0 aliphatic heterocycles. The fourth-order valence-electron chi connectivity index (χ4n) is 5.98. The number of nitro benzene ring substituents is 1. The lowest BCUT2D eigenvalue weighted by Crippen LogP contribution is -2.60. The molecule has 2 atom stereocenters. The van der Waals surface area contributed by atoms with E-state index < -0.39 is 4.92 Å². The highest BCUT2D eigenvalue weighted by Crippen LogP contribution is 2.62. The van der Waals surface area contributed by atoms with Crippen LogP contribution in [-0.4, -0.2) is 16.4 Å². The van der Waals surface area contributed by atoms with Gasteiger partial charge in [0, 0.05) is 29.8 Å². The summed E-state index contributed by atoms with van der Waals surface area (Å²) in [5, 5.41) is 13.7. The molecule has 0 saturated heterocycles. The Labute approximate surface area is 140 Å². The summed E-state index contributed by atoms with van der Waals surface area (Å²) in [6.45, 7) is 0. The van der Waals surface area contributed by atoms with Gasteiger partial charge in [-0.15, -0.1) is 0 Å². The number of anilines is 1. The molecule has 4 bridgehead atoms. The molecule has 4 saturated carbocycles. The van der Waals surface area contributed by atoms with Gasteiger partial charge in [0.1, 0.15) is 0 Å². The van der Waals surface area contributed by atoms with Gasteiger partial charge in [-0.25, -0.2) is 0 Å². The SMILES string of the molecule is NC12CC3CC(C1)CC(CC(=O)Nc1cccc([N+](=O)[O-])c1)(C3)C2. The van der Waals surface area contributed by atoms with E-state index in [2.05, 4.69) is 5.32 Å². The van der Waals surface area contributed by atoms with Crippen LogP contribution in [0.2, 0.25) is 0 Å². The molecule has 1 aromatic rings. The van der Waals surface area contributed by atoms with Gasteiger partial charge in [-0.3, -0.25) is 14.9 Å². The monoisotopic (exact) mass is 329 g/mol. The average molecular weight is 329 g/mol. The van der Waals surface area contributed by atoms with Crippen LogP contribution in [-0.2, 0) is 4.79 Å². The zero-order valence-electron chi connectivity index (χ0n) is 13.7. The topological polar surface area (TPSA) is 98.3 Å². The third-order valence-electron chi connectivity index (χ3n) is 6.10. The van der Waals surface area contributed by atoms with Crippen LogP contribution in [0.15, 0.2) is 24.3 Å². The van der Waals surface area contributed by atoms with Gasteiger partial charge in [0.2, 0.25) is 5.91 Å². The minimum absolute atomic E-state index is 0.0106. The first kappa shape index (κ1) is 15.6. The standard InChI is InChI=1S/C18H23N3O3/c19-18-8-12-4-13(9-18)7-17(6-12,11-18)10-16(22)20-14-2-1-3-15(5-14)21(23)24/h1-3,5,12-13H,4,6-11,19H2,(H,20,22). The van der Waals surface area contributed by atoms with Crippen molar-refractivity contribution in [1.29, 1.82) is 0 Å². The van der Waals surface area contributed by atoms with Crippen molar-refractivity contribution in [3.05, 3.63) is 34.4 Å². The van der Waals surface area contributed by atoms with Gasteiger partial charge < -0.3 is 11.1 Å². The van der Waals surface area contributed by atoms with Gasteiger partial charge >= 0.3 is 0 Å². The van der Waals surface area contributed by atoms with Gasteiger partial charge in [0.15, 0.2) is 0 Å². The number of nitro groups is 1.